The Morgan fingerprint density at radius 2 is 1.35 bits per heavy atom. The molecule has 0 unspecified atom stereocenters. The van der Waals surface area contributed by atoms with Crippen LogP contribution in [0.5, 0.6) is 0 Å². The third-order valence-electron chi connectivity index (χ3n) is 2.02. The Kier molecular flexibility index (Phi) is 8.02. The minimum atomic E-state index is -1.05. The Balaban J connectivity index is 4.90. The highest BCUT2D eigenvalue weighted by atomic mass is 16.8. The van der Waals surface area contributed by atoms with Gasteiger partial charge in [-0.3, -0.25) is 4.79 Å². The van der Waals surface area contributed by atoms with Gasteiger partial charge in [0.15, 0.2) is 6.61 Å². The van der Waals surface area contributed by atoms with Crippen LogP contribution in [0.25, 0.3) is 0 Å². The van der Waals surface area contributed by atoms with Crippen LogP contribution in [0, 0.1) is 0 Å². The van der Waals surface area contributed by atoms with Crippen molar-refractivity contribution in [3.8, 4) is 0 Å². The fraction of sp³-hybridized carbons (Fsp3) is 0.800. The first kappa shape index (κ1) is 21.2. The standard InChI is InChI=1S/C15H28N2O6/c1-8-9-16-11(18)10-21-17(12(19)22-14(2,3)4)13(20)23-15(5,6)7/h8-10H2,1-7H3,(H,16,18). The molecule has 0 aromatic heterocycles. The van der Waals surface area contributed by atoms with E-state index in [1.807, 2.05) is 6.92 Å². The average molecular weight is 332 g/mol. The zero-order chi connectivity index (χ0) is 18.3. The zero-order valence-corrected chi connectivity index (χ0v) is 15.0. The highest BCUT2D eigenvalue weighted by Crippen LogP contribution is 2.14. The van der Waals surface area contributed by atoms with Crippen LogP contribution in [0.2, 0.25) is 0 Å². The first-order valence-corrected chi connectivity index (χ1v) is 7.51. The van der Waals surface area contributed by atoms with Crippen LogP contribution in [-0.4, -0.2) is 47.5 Å². The molecule has 0 aromatic carbocycles. The monoisotopic (exact) mass is 332 g/mol. The van der Waals surface area contributed by atoms with E-state index in [0.29, 0.717) is 11.6 Å². The number of ether oxygens (including phenoxy) is 2. The van der Waals surface area contributed by atoms with Crippen LogP contribution in [0.3, 0.4) is 0 Å². The van der Waals surface area contributed by atoms with Crippen molar-refractivity contribution < 1.29 is 28.7 Å². The Morgan fingerprint density at radius 1 is 0.913 bits per heavy atom. The maximum absolute atomic E-state index is 12.1. The molecule has 0 saturated carbocycles. The van der Waals surface area contributed by atoms with Gasteiger partial charge in [-0.1, -0.05) is 12.0 Å². The molecule has 0 atom stereocenters. The summed E-state index contributed by atoms with van der Waals surface area (Å²) in [7, 11) is 0. The van der Waals surface area contributed by atoms with Gasteiger partial charge in [0.1, 0.15) is 11.2 Å². The van der Waals surface area contributed by atoms with E-state index >= 15 is 0 Å². The summed E-state index contributed by atoms with van der Waals surface area (Å²) >= 11 is 0. The van der Waals surface area contributed by atoms with Crippen molar-refractivity contribution in [2.45, 2.75) is 66.1 Å². The van der Waals surface area contributed by atoms with Gasteiger partial charge in [-0.05, 0) is 48.0 Å². The smallest absolute Gasteiger partial charge is 0.442 e. The lowest BCUT2D eigenvalue weighted by Crippen LogP contribution is -2.45. The van der Waals surface area contributed by atoms with E-state index < -0.39 is 35.9 Å². The van der Waals surface area contributed by atoms with Gasteiger partial charge in [0, 0.05) is 6.54 Å². The van der Waals surface area contributed by atoms with Gasteiger partial charge in [0.25, 0.3) is 0 Å². The van der Waals surface area contributed by atoms with Gasteiger partial charge in [-0.15, -0.1) is 0 Å². The van der Waals surface area contributed by atoms with E-state index in [0.717, 1.165) is 6.42 Å². The van der Waals surface area contributed by atoms with Crippen LogP contribution in [-0.2, 0) is 19.1 Å². The van der Waals surface area contributed by atoms with Crippen LogP contribution in [0.4, 0.5) is 9.59 Å². The molecule has 0 aliphatic carbocycles. The lowest BCUT2D eigenvalue weighted by molar-refractivity contribution is -0.154. The van der Waals surface area contributed by atoms with Crippen LogP contribution in [0.15, 0.2) is 0 Å². The molecule has 0 fully saturated rings. The first-order chi connectivity index (χ1) is 10.4. The highest BCUT2D eigenvalue weighted by Gasteiger charge is 2.33. The first-order valence-electron chi connectivity index (χ1n) is 7.51. The minimum absolute atomic E-state index is 0.321. The molecular formula is C15H28N2O6. The number of nitrogens with zero attached hydrogens (tertiary/aromatic N) is 1. The molecule has 1 N–H and O–H groups in total. The minimum Gasteiger partial charge on any atom is -0.442 e. The molecule has 3 amide bonds. The number of nitrogens with one attached hydrogen (secondary N) is 1. The second-order valence-electron chi connectivity index (χ2n) is 6.88. The number of hydroxylamine groups is 2. The summed E-state index contributed by atoms with van der Waals surface area (Å²) in [4.78, 5) is 40.7. The molecule has 0 radical (unpaired) electrons. The van der Waals surface area contributed by atoms with E-state index in [4.69, 9.17) is 14.3 Å². The number of imide groups is 1. The van der Waals surface area contributed by atoms with E-state index in [1.54, 1.807) is 41.5 Å². The third kappa shape index (κ3) is 10.5. The molecular weight excluding hydrogens is 304 g/mol. The van der Waals surface area contributed by atoms with Crippen molar-refractivity contribution in [1.82, 2.24) is 10.4 Å². The maximum atomic E-state index is 12.1. The predicted octanol–water partition coefficient (Wildman–Crippen LogP) is 2.62. The van der Waals surface area contributed by atoms with Crippen LogP contribution >= 0.6 is 0 Å². The van der Waals surface area contributed by atoms with Crippen molar-refractivity contribution in [3.05, 3.63) is 0 Å². The van der Waals surface area contributed by atoms with Gasteiger partial charge in [-0.2, -0.15) is 0 Å². The molecule has 0 spiro atoms. The second-order valence-corrected chi connectivity index (χ2v) is 6.88. The van der Waals surface area contributed by atoms with Crippen LogP contribution in [0.1, 0.15) is 54.9 Å². The number of carbonyl (C=O) groups is 3. The molecule has 134 valence electrons. The summed E-state index contributed by atoms with van der Waals surface area (Å²) in [5, 5.41) is 2.89. The maximum Gasteiger partial charge on any atom is 0.444 e. The normalized spacial score (nSPS) is 11.6. The van der Waals surface area contributed by atoms with Gasteiger partial charge >= 0.3 is 12.2 Å². The molecule has 0 aliphatic rings. The third-order valence-corrected chi connectivity index (χ3v) is 2.02. The quantitative estimate of drug-likeness (QED) is 0.778. The lowest BCUT2D eigenvalue weighted by atomic mass is 10.2. The molecule has 8 heteroatoms. The summed E-state index contributed by atoms with van der Waals surface area (Å²) in [5.74, 6) is -0.455. The molecule has 0 heterocycles. The van der Waals surface area contributed by atoms with E-state index in [1.165, 1.54) is 0 Å². The van der Waals surface area contributed by atoms with E-state index in [2.05, 4.69) is 5.32 Å². The largest absolute Gasteiger partial charge is 0.444 e. The highest BCUT2D eigenvalue weighted by molar-refractivity contribution is 5.87. The molecule has 8 nitrogen and oxygen atoms in total. The molecule has 23 heavy (non-hydrogen) atoms. The average Bonchev–Trinajstić information content (AvgIpc) is 2.32. The predicted molar refractivity (Wildman–Crippen MR) is 83.6 cm³/mol. The molecule has 0 rings (SSSR count). The van der Waals surface area contributed by atoms with Crippen molar-refractivity contribution >= 4 is 18.1 Å². The van der Waals surface area contributed by atoms with Crippen molar-refractivity contribution in [2.75, 3.05) is 13.2 Å². The molecule has 0 aromatic rings. The molecule has 0 aliphatic heterocycles. The Labute approximate surface area is 137 Å². The lowest BCUT2D eigenvalue weighted by Gasteiger charge is -2.27. The summed E-state index contributed by atoms with van der Waals surface area (Å²) in [6.07, 6.45) is -1.33. The van der Waals surface area contributed by atoms with Crippen molar-refractivity contribution in [3.63, 3.8) is 0 Å². The topological polar surface area (TPSA) is 94.2 Å². The number of carbonyl (C=O) groups excluding carboxylic acids is 3. The molecule has 0 bridgehead atoms. The summed E-state index contributed by atoms with van der Waals surface area (Å²) in [6, 6.07) is 0. The van der Waals surface area contributed by atoms with E-state index in [9.17, 15) is 14.4 Å². The Hall–Kier alpha value is -1.83. The van der Waals surface area contributed by atoms with Gasteiger partial charge < -0.3 is 14.8 Å². The fourth-order valence-corrected chi connectivity index (χ4v) is 1.23. The number of amides is 3. The second kappa shape index (κ2) is 8.71. The molecule has 0 saturated heterocycles. The summed E-state index contributed by atoms with van der Waals surface area (Å²) in [5.41, 5.74) is -1.66. The van der Waals surface area contributed by atoms with Crippen molar-refractivity contribution in [2.24, 2.45) is 0 Å². The Bertz CT molecular complexity index is 395. The van der Waals surface area contributed by atoms with Crippen molar-refractivity contribution in [1.29, 1.82) is 0 Å². The SMILES string of the molecule is CCCNC(=O)CON(C(=O)OC(C)(C)C)C(=O)OC(C)(C)C. The van der Waals surface area contributed by atoms with Gasteiger partial charge in [0.05, 0.1) is 0 Å². The zero-order valence-electron chi connectivity index (χ0n) is 15.0. The summed E-state index contributed by atoms with van der Waals surface area (Å²) in [6.45, 7) is 11.7. The Morgan fingerprint density at radius 3 is 1.70 bits per heavy atom. The number of hydrogen-bond donors (Lipinski definition) is 1. The number of rotatable bonds is 5. The fourth-order valence-electron chi connectivity index (χ4n) is 1.23. The van der Waals surface area contributed by atoms with Gasteiger partial charge in [-0.25, -0.2) is 14.4 Å². The summed E-state index contributed by atoms with van der Waals surface area (Å²) < 4.78 is 10.2. The van der Waals surface area contributed by atoms with Gasteiger partial charge in [0.2, 0.25) is 5.91 Å². The van der Waals surface area contributed by atoms with Crippen LogP contribution < -0.4 is 5.32 Å². The number of hydrogen-bond acceptors (Lipinski definition) is 6. The van der Waals surface area contributed by atoms with E-state index in [-0.39, 0.29) is 0 Å².